The number of phenolic OH excluding ortho intramolecular Hbond substituents is 2. The van der Waals surface area contributed by atoms with Crippen LogP contribution in [0.25, 0.3) is 22.3 Å². The molecule has 196 valence electrons. The first-order valence-electron chi connectivity index (χ1n) is 13.6. The first-order chi connectivity index (χ1) is 19.1. The highest BCUT2D eigenvalue weighted by atomic mass is 16.5. The average Bonchev–Trinajstić information content (AvgIpc) is 2.98. The standard InChI is InChI=1S/C36H34O3/c1-3-23-36(28-15-19-31(20-16-28)39-4-2,29-17-21-34(37)32(24-29)26-11-7-5-8-12-26)30-18-22-35(38)33(25-30)27-13-9-6-10-14-27/h5-22,24-25,37-38H,3-4,23H2,1-2H3. The molecule has 5 aromatic rings. The van der Waals surface area contributed by atoms with Gasteiger partial charge >= 0.3 is 0 Å². The first kappa shape index (κ1) is 26.1. The van der Waals surface area contributed by atoms with Crippen molar-refractivity contribution >= 4 is 0 Å². The van der Waals surface area contributed by atoms with Crippen LogP contribution < -0.4 is 4.74 Å². The van der Waals surface area contributed by atoms with Crippen molar-refractivity contribution in [3.63, 3.8) is 0 Å². The van der Waals surface area contributed by atoms with E-state index >= 15 is 0 Å². The van der Waals surface area contributed by atoms with E-state index in [4.69, 9.17) is 4.74 Å². The van der Waals surface area contributed by atoms with Crippen LogP contribution in [0.5, 0.6) is 17.2 Å². The molecule has 0 saturated carbocycles. The van der Waals surface area contributed by atoms with Gasteiger partial charge in [-0.3, -0.25) is 0 Å². The molecule has 0 bridgehead atoms. The van der Waals surface area contributed by atoms with Crippen molar-refractivity contribution in [3.8, 4) is 39.5 Å². The van der Waals surface area contributed by atoms with Gasteiger partial charge in [0, 0.05) is 16.5 Å². The molecule has 0 aliphatic rings. The van der Waals surface area contributed by atoms with Crippen LogP contribution in [0.15, 0.2) is 121 Å². The van der Waals surface area contributed by atoms with E-state index in [1.165, 1.54) is 0 Å². The minimum absolute atomic E-state index is 0.248. The lowest BCUT2D eigenvalue weighted by atomic mass is 9.66. The fourth-order valence-corrected chi connectivity index (χ4v) is 5.61. The fourth-order valence-electron chi connectivity index (χ4n) is 5.61. The van der Waals surface area contributed by atoms with Crippen molar-refractivity contribution in [1.29, 1.82) is 0 Å². The number of phenols is 2. The number of ether oxygens (including phenoxy) is 1. The van der Waals surface area contributed by atoms with Gasteiger partial charge in [0.25, 0.3) is 0 Å². The van der Waals surface area contributed by atoms with Crippen molar-refractivity contribution in [2.45, 2.75) is 32.1 Å². The Labute approximate surface area is 231 Å². The molecule has 0 unspecified atom stereocenters. The van der Waals surface area contributed by atoms with Crippen molar-refractivity contribution in [1.82, 2.24) is 0 Å². The van der Waals surface area contributed by atoms with Crippen molar-refractivity contribution in [2.75, 3.05) is 6.61 Å². The SMILES string of the molecule is CCCC(c1ccc(OCC)cc1)(c1ccc(O)c(-c2ccccc2)c1)c1ccc(O)c(-c2ccccc2)c1. The molecule has 0 aliphatic carbocycles. The highest BCUT2D eigenvalue weighted by molar-refractivity contribution is 5.74. The molecule has 0 heterocycles. The van der Waals surface area contributed by atoms with Gasteiger partial charge < -0.3 is 14.9 Å². The lowest BCUT2D eigenvalue weighted by Gasteiger charge is -2.37. The quantitative estimate of drug-likeness (QED) is 0.193. The molecule has 0 fully saturated rings. The Kier molecular flexibility index (Phi) is 7.69. The molecule has 39 heavy (non-hydrogen) atoms. The van der Waals surface area contributed by atoms with Gasteiger partial charge in [-0.1, -0.05) is 98.3 Å². The third-order valence-electron chi connectivity index (χ3n) is 7.43. The van der Waals surface area contributed by atoms with E-state index < -0.39 is 5.41 Å². The molecular formula is C36H34O3. The van der Waals surface area contributed by atoms with E-state index in [-0.39, 0.29) is 11.5 Å². The van der Waals surface area contributed by atoms with E-state index in [0.717, 1.165) is 57.5 Å². The Bertz CT molecular complexity index is 1430. The Morgan fingerprint density at radius 3 is 1.46 bits per heavy atom. The van der Waals surface area contributed by atoms with Crippen molar-refractivity contribution < 1.29 is 14.9 Å². The summed E-state index contributed by atoms with van der Waals surface area (Å²) in [6, 6.07) is 40.2. The average molecular weight is 515 g/mol. The maximum absolute atomic E-state index is 10.9. The van der Waals surface area contributed by atoms with Crippen LogP contribution in [0, 0.1) is 0 Å². The molecule has 2 N–H and O–H groups in total. The van der Waals surface area contributed by atoms with Crippen LogP contribution in [-0.2, 0) is 5.41 Å². The van der Waals surface area contributed by atoms with Crippen LogP contribution in [0.4, 0.5) is 0 Å². The second-order valence-electron chi connectivity index (χ2n) is 9.81. The Morgan fingerprint density at radius 2 is 1.03 bits per heavy atom. The summed E-state index contributed by atoms with van der Waals surface area (Å²) in [4.78, 5) is 0. The Balaban J connectivity index is 1.79. The molecule has 3 nitrogen and oxygen atoms in total. The van der Waals surface area contributed by atoms with Crippen molar-refractivity contribution in [2.24, 2.45) is 0 Å². The predicted octanol–water partition coefficient (Wildman–Crippen LogP) is 8.97. The molecule has 0 aromatic heterocycles. The second-order valence-corrected chi connectivity index (χ2v) is 9.81. The summed E-state index contributed by atoms with van der Waals surface area (Å²) in [5.74, 6) is 1.33. The third kappa shape index (κ3) is 5.13. The minimum atomic E-state index is -0.534. The molecule has 0 amide bonds. The summed E-state index contributed by atoms with van der Waals surface area (Å²) < 4.78 is 5.76. The van der Waals surface area contributed by atoms with Gasteiger partial charge in [-0.15, -0.1) is 0 Å². The van der Waals surface area contributed by atoms with Crippen LogP contribution in [0.2, 0.25) is 0 Å². The molecule has 0 atom stereocenters. The Hall–Kier alpha value is -4.50. The largest absolute Gasteiger partial charge is 0.507 e. The second kappa shape index (κ2) is 11.5. The van der Waals surface area contributed by atoms with Gasteiger partial charge in [0.05, 0.1) is 6.61 Å². The summed E-state index contributed by atoms with van der Waals surface area (Å²) in [7, 11) is 0. The molecule has 5 aromatic carbocycles. The molecule has 5 rings (SSSR count). The lowest BCUT2D eigenvalue weighted by molar-refractivity contribution is 0.340. The number of hydrogen-bond donors (Lipinski definition) is 2. The van der Waals surface area contributed by atoms with E-state index in [2.05, 4.69) is 31.2 Å². The molecule has 0 aliphatic heterocycles. The van der Waals surface area contributed by atoms with Crippen LogP contribution >= 0.6 is 0 Å². The van der Waals surface area contributed by atoms with E-state index in [1.807, 2.05) is 91.9 Å². The van der Waals surface area contributed by atoms with Gasteiger partial charge in [-0.2, -0.15) is 0 Å². The van der Waals surface area contributed by atoms with Gasteiger partial charge in [-0.25, -0.2) is 0 Å². The zero-order valence-electron chi connectivity index (χ0n) is 22.5. The normalized spacial score (nSPS) is 11.3. The maximum atomic E-state index is 10.9. The minimum Gasteiger partial charge on any atom is -0.507 e. The predicted molar refractivity (Wildman–Crippen MR) is 159 cm³/mol. The number of benzene rings is 5. The smallest absolute Gasteiger partial charge is 0.123 e. The maximum Gasteiger partial charge on any atom is 0.123 e. The van der Waals surface area contributed by atoms with E-state index in [1.54, 1.807) is 12.1 Å². The summed E-state index contributed by atoms with van der Waals surface area (Å²) in [6.45, 7) is 4.79. The lowest BCUT2D eigenvalue weighted by Crippen LogP contribution is -2.29. The number of aromatic hydroxyl groups is 2. The molecule has 0 spiro atoms. The monoisotopic (exact) mass is 514 g/mol. The molecular weight excluding hydrogens is 480 g/mol. The topological polar surface area (TPSA) is 49.7 Å². The zero-order chi connectivity index (χ0) is 27.2. The van der Waals surface area contributed by atoms with E-state index in [0.29, 0.717) is 6.61 Å². The fraction of sp³-hybridized carbons (Fsp3) is 0.167. The van der Waals surface area contributed by atoms with Crippen molar-refractivity contribution in [3.05, 3.63) is 138 Å². The summed E-state index contributed by atoms with van der Waals surface area (Å²) >= 11 is 0. The van der Waals surface area contributed by atoms with Crippen LogP contribution in [0.1, 0.15) is 43.4 Å². The molecule has 0 radical (unpaired) electrons. The molecule has 0 saturated heterocycles. The number of hydrogen-bond acceptors (Lipinski definition) is 3. The molecule has 3 heteroatoms. The highest BCUT2D eigenvalue weighted by Gasteiger charge is 2.37. The number of rotatable bonds is 9. The highest BCUT2D eigenvalue weighted by Crippen LogP contribution is 2.47. The summed E-state index contributed by atoms with van der Waals surface area (Å²) in [5.41, 5.74) is 6.26. The van der Waals surface area contributed by atoms with Gasteiger partial charge in [0.2, 0.25) is 0 Å². The summed E-state index contributed by atoms with van der Waals surface area (Å²) in [6.07, 6.45) is 1.76. The van der Waals surface area contributed by atoms with Crippen LogP contribution in [-0.4, -0.2) is 16.8 Å². The van der Waals surface area contributed by atoms with Gasteiger partial charge in [0.15, 0.2) is 0 Å². The third-order valence-corrected chi connectivity index (χ3v) is 7.43. The zero-order valence-corrected chi connectivity index (χ0v) is 22.5. The summed E-state index contributed by atoms with van der Waals surface area (Å²) in [5, 5.41) is 21.8. The van der Waals surface area contributed by atoms with Gasteiger partial charge in [0.1, 0.15) is 17.2 Å². The van der Waals surface area contributed by atoms with Gasteiger partial charge in [-0.05, 0) is 77.6 Å². The van der Waals surface area contributed by atoms with Crippen LogP contribution in [0.3, 0.4) is 0 Å². The first-order valence-corrected chi connectivity index (χ1v) is 13.6. The van der Waals surface area contributed by atoms with E-state index in [9.17, 15) is 10.2 Å². The Morgan fingerprint density at radius 1 is 0.564 bits per heavy atom.